The molecule has 0 radical (unpaired) electrons. The Bertz CT molecular complexity index is 566. The monoisotopic (exact) mass is 458 g/mol. The number of aromatic nitrogens is 2. The summed E-state index contributed by atoms with van der Waals surface area (Å²) in [5.41, 5.74) is 2.34. The predicted octanol–water partition coefficient (Wildman–Crippen LogP) is 6.67. The predicted molar refractivity (Wildman–Crippen MR) is 130 cm³/mol. The number of H-pyrrole nitrogens is 1. The molecule has 0 atom stereocenters. The lowest BCUT2D eigenvalue weighted by molar-refractivity contribution is 0.0768. The van der Waals surface area contributed by atoms with Gasteiger partial charge in [-0.15, -0.1) is 0 Å². The average Bonchev–Trinajstić information content (AvgIpc) is 3.23. The van der Waals surface area contributed by atoms with Crippen molar-refractivity contribution in [3.63, 3.8) is 0 Å². The first-order valence-electron chi connectivity index (χ1n) is 12.3. The molecule has 2 N–H and O–H groups in total. The molecule has 2 heterocycles. The van der Waals surface area contributed by atoms with E-state index in [0.29, 0.717) is 17.9 Å². The summed E-state index contributed by atoms with van der Waals surface area (Å²) in [6.45, 7) is 11.7. The third-order valence-electron chi connectivity index (χ3n) is 6.20. The van der Waals surface area contributed by atoms with Crippen molar-refractivity contribution in [3.8, 4) is 0 Å². The number of aromatic amines is 1. The van der Waals surface area contributed by atoms with Gasteiger partial charge in [-0.1, -0.05) is 58.6 Å². The summed E-state index contributed by atoms with van der Waals surface area (Å²) in [7, 11) is 0. The summed E-state index contributed by atoms with van der Waals surface area (Å²) < 4.78 is 11.4. The first-order chi connectivity index (χ1) is 14.8. The Morgan fingerprint density at radius 2 is 1.57 bits per heavy atom. The number of nitrogens with one attached hydrogen (secondary N) is 2. The van der Waals surface area contributed by atoms with Crippen LogP contribution in [0.15, 0.2) is 0 Å². The van der Waals surface area contributed by atoms with Crippen LogP contribution in [-0.2, 0) is 4.74 Å². The van der Waals surface area contributed by atoms with Crippen LogP contribution < -0.4 is 4.72 Å². The molecule has 0 aromatic carbocycles. The van der Waals surface area contributed by atoms with Gasteiger partial charge in [0.2, 0.25) is 0 Å². The number of halogens is 1. The molecule has 1 aromatic rings. The number of hydrogen-bond donors (Lipinski definition) is 2. The highest BCUT2D eigenvalue weighted by molar-refractivity contribution is 7.95. The first kappa shape index (κ1) is 26.0. The van der Waals surface area contributed by atoms with E-state index >= 15 is 0 Å². The summed E-state index contributed by atoms with van der Waals surface area (Å²) in [5, 5.41) is 8.89. The van der Waals surface area contributed by atoms with Crippen LogP contribution in [0.25, 0.3) is 0 Å². The van der Waals surface area contributed by atoms with E-state index in [1.54, 1.807) is 12.1 Å². The second kappa shape index (κ2) is 14.7. The van der Waals surface area contributed by atoms with Gasteiger partial charge < -0.3 is 4.74 Å². The number of morpholine rings is 1. The van der Waals surface area contributed by atoms with Crippen LogP contribution in [-0.4, -0.2) is 46.8 Å². The molecular weight excluding hydrogens is 416 g/mol. The Morgan fingerprint density at radius 1 is 0.933 bits per heavy atom. The Labute approximate surface area is 193 Å². The maximum atomic E-state index is 6.76. The molecule has 3 aliphatic rings. The molecule has 0 unspecified atom stereocenters. The lowest BCUT2D eigenvalue weighted by Crippen LogP contribution is -2.37. The number of hydrogen-bond acceptors (Lipinski definition) is 5. The van der Waals surface area contributed by atoms with Gasteiger partial charge in [0.25, 0.3) is 0 Å². The van der Waals surface area contributed by atoms with E-state index in [2.05, 4.69) is 19.2 Å². The molecule has 1 saturated heterocycles. The van der Waals surface area contributed by atoms with Crippen LogP contribution in [0.4, 0.5) is 0 Å². The van der Waals surface area contributed by atoms with E-state index in [-0.39, 0.29) is 0 Å². The molecule has 0 bridgehead atoms. The Morgan fingerprint density at radius 3 is 2.20 bits per heavy atom. The molecule has 5 nitrogen and oxygen atoms in total. The lowest BCUT2D eigenvalue weighted by atomic mass is 9.83. The van der Waals surface area contributed by atoms with Crippen molar-refractivity contribution in [2.24, 2.45) is 0 Å². The number of nitrogens with zero attached hydrogens (tertiary/aromatic N) is 2. The highest BCUT2D eigenvalue weighted by Crippen LogP contribution is 2.41. The van der Waals surface area contributed by atoms with Gasteiger partial charge in [-0.2, -0.15) is 5.10 Å². The topological polar surface area (TPSA) is 53.2 Å². The minimum absolute atomic E-state index is 0.541. The highest BCUT2D eigenvalue weighted by Gasteiger charge is 2.29. The van der Waals surface area contributed by atoms with E-state index in [4.69, 9.17) is 16.3 Å². The Hall–Kier alpha value is -0.270. The zero-order chi connectivity index (χ0) is 21.8. The standard InChI is InChI=1S/C19H31ClN4OS.2C2H6/c20-17-18(14-4-2-1-3-5-14)21-22-19(17)15-6-8-16(9-7-15)23-26-24-10-12-25-13-11-24;2*1-2/h14-16,23H,1-13H2,(H,21,22);2*1-2H3. The van der Waals surface area contributed by atoms with Gasteiger partial charge >= 0.3 is 0 Å². The van der Waals surface area contributed by atoms with Crippen LogP contribution in [0.3, 0.4) is 0 Å². The van der Waals surface area contributed by atoms with Gasteiger partial charge in [0.1, 0.15) is 0 Å². The third-order valence-corrected chi connectivity index (χ3v) is 7.66. The second-order valence-electron chi connectivity index (χ2n) is 7.97. The minimum Gasteiger partial charge on any atom is -0.379 e. The largest absolute Gasteiger partial charge is 0.379 e. The zero-order valence-electron chi connectivity index (χ0n) is 19.5. The van der Waals surface area contributed by atoms with Gasteiger partial charge in [-0.05, 0) is 38.5 Å². The normalized spacial score (nSPS) is 25.6. The molecule has 30 heavy (non-hydrogen) atoms. The van der Waals surface area contributed by atoms with Crippen molar-refractivity contribution in [3.05, 3.63) is 16.4 Å². The van der Waals surface area contributed by atoms with E-state index in [0.717, 1.165) is 37.0 Å². The van der Waals surface area contributed by atoms with E-state index < -0.39 is 0 Å². The first-order valence-corrected chi connectivity index (χ1v) is 13.4. The smallest absolute Gasteiger partial charge is 0.0853 e. The van der Waals surface area contributed by atoms with Crippen molar-refractivity contribution >= 4 is 23.7 Å². The molecule has 1 aliphatic heterocycles. The average molecular weight is 459 g/mol. The molecular formula is C23H43ClN4OS. The summed E-state index contributed by atoms with van der Waals surface area (Å²) in [6, 6.07) is 0.596. The van der Waals surface area contributed by atoms with E-state index in [9.17, 15) is 0 Å². The molecule has 1 aromatic heterocycles. The maximum absolute atomic E-state index is 6.76. The molecule has 0 amide bonds. The SMILES string of the molecule is CC.CC.Clc1c(C2CCCCC2)n[nH]c1C1CCC(NSN2CCOCC2)CC1. The van der Waals surface area contributed by atoms with Crippen molar-refractivity contribution < 1.29 is 4.74 Å². The summed E-state index contributed by atoms with van der Waals surface area (Å²) in [6.07, 6.45) is 11.3. The number of ether oxygens (including phenoxy) is 1. The minimum atomic E-state index is 0.541. The fourth-order valence-corrected chi connectivity index (χ4v) is 5.82. The van der Waals surface area contributed by atoms with E-state index in [1.165, 1.54) is 63.5 Å². The molecule has 174 valence electrons. The van der Waals surface area contributed by atoms with Gasteiger partial charge in [0.15, 0.2) is 0 Å². The van der Waals surface area contributed by atoms with Crippen molar-refractivity contribution in [1.82, 2.24) is 19.2 Å². The molecule has 0 spiro atoms. The van der Waals surface area contributed by atoms with Crippen LogP contribution in [0.1, 0.15) is 109 Å². The van der Waals surface area contributed by atoms with Crippen molar-refractivity contribution in [2.45, 2.75) is 103 Å². The summed E-state index contributed by atoms with van der Waals surface area (Å²) in [4.78, 5) is 0. The Kier molecular flexibility index (Phi) is 12.8. The van der Waals surface area contributed by atoms with Crippen LogP contribution in [0.2, 0.25) is 5.02 Å². The van der Waals surface area contributed by atoms with Crippen molar-refractivity contribution in [2.75, 3.05) is 26.3 Å². The van der Waals surface area contributed by atoms with Gasteiger partial charge in [0, 0.05) is 43.1 Å². The van der Waals surface area contributed by atoms with Crippen LogP contribution in [0.5, 0.6) is 0 Å². The second-order valence-corrected chi connectivity index (χ2v) is 9.28. The van der Waals surface area contributed by atoms with Gasteiger partial charge in [-0.3, -0.25) is 5.10 Å². The molecule has 2 aliphatic carbocycles. The van der Waals surface area contributed by atoms with Gasteiger partial charge in [0.05, 0.1) is 29.6 Å². The van der Waals surface area contributed by atoms with Gasteiger partial charge in [-0.25, -0.2) is 9.03 Å². The molecule has 4 rings (SSSR count). The molecule has 7 heteroatoms. The third kappa shape index (κ3) is 7.40. The van der Waals surface area contributed by atoms with E-state index in [1.807, 2.05) is 27.7 Å². The van der Waals surface area contributed by atoms with Crippen LogP contribution >= 0.6 is 23.7 Å². The highest BCUT2D eigenvalue weighted by atomic mass is 35.5. The number of rotatable bonds is 5. The fourth-order valence-electron chi connectivity index (χ4n) is 4.56. The van der Waals surface area contributed by atoms with Crippen LogP contribution in [0, 0.1) is 0 Å². The Balaban J connectivity index is 0.000000757. The zero-order valence-corrected chi connectivity index (χ0v) is 21.1. The fraction of sp³-hybridized carbons (Fsp3) is 0.870. The molecule has 2 saturated carbocycles. The lowest BCUT2D eigenvalue weighted by Gasteiger charge is -2.31. The van der Waals surface area contributed by atoms with Crippen molar-refractivity contribution in [1.29, 1.82) is 0 Å². The molecule has 3 fully saturated rings. The summed E-state index contributed by atoms with van der Waals surface area (Å²) >= 11 is 8.54. The maximum Gasteiger partial charge on any atom is 0.0853 e. The summed E-state index contributed by atoms with van der Waals surface area (Å²) in [5.74, 6) is 1.11. The quantitative estimate of drug-likeness (QED) is 0.482.